The molecule has 0 aromatic rings. The molecule has 0 aliphatic carbocycles. The second-order valence-corrected chi connectivity index (χ2v) is 14.4. The zero-order valence-corrected chi connectivity index (χ0v) is 40.9. The fourth-order valence-corrected chi connectivity index (χ4v) is 5.16. The lowest BCUT2D eigenvalue weighted by Crippen LogP contribution is -2.56. The van der Waals surface area contributed by atoms with Gasteiger partial charge in [0.15, 0.2) is 0 Å². The second-order valence-electron chi connectivity index (χ2n) is 14.4. The quantitative estimate of drug-likeness (QED) is 0.0174. The molecule has 0 aromatic carbocycles. The minimum absolute atomic E-state index is 0.0247. The Morgan fingerprint density at radius 2 is 0.580 bits per heavy atom. The molecular weight excluding hydrogens is 919 g/mol. The molecule has 0 aliphatic heterocycles. The van der Waals surface area contributed by atoms with Crippen molar-refractivity contribution in [2.45, 2.75) is 24.8 Å². The van der Waals surface area contributed by atoms with Crippen LogP contribution in [0.1, 0.15) is 19.3 Å². The lowest BCUT2D eigenvalue weighted by Gasteiger charge is -2.32. The lowest BCUT2D eigenvalue weighted by atomic mass is 10.0. The van der Waals surface area contributed by atoms with E-state index >= 15 is 0 Å². The lowest BCUT2D eigenvalue weighted by molar-refractivity contribution is -0.125. The van der Waals surface area contributed by atoms with Gasteiger partial charge in [-0.2, -0.15) is 0 Å². The van der Waals surface area contributed by atoms with Crippen LogP contribution in [0.25, 0.3) is 0 Å². The van der Waals surface area contributed by atoms with Crippen molar-refractivity contribution < 1.29 is 90.2 Å². The highest BCUT2D eigenvalue weighted by Crippen LogP contribution is 2.10. The molecule has 10 N–H and O–H groups in total. The summed E-state index contributed by atoms with van der Waals surface area (Å²) in [5.41, 5.74) is 14.8. The van der Waals surface area contributed by atoms with E-state index in [-0.39, 0.29) is 83.4 Å². The minimum Gasteiger partial charge on any atom is -0.378 e. The first-order valence-electron chi connectivity index (χ1n) is 23.7. The number of nitrogens with two attached hydrogens (primary N) is 3. The summed E-state index contributed by atoms with van der Waals surface area (Å²) in [7, 11) is 0. The Morgan fingerprint density at radius 1 is 0.333 bits per heavy atom. The summed E-state index contributed by atoms with van der Waals surface area (Å²) in [6.45, 7) is 11.3. The third kappa shape index (κ3) is 49.9. The van der Waals surface area contributed by atoms with Gasteiger partial charge in [0.05, 0.1) is 198 Å². The molecule has 0 unspecified atom stereocenters. The Balaban J connectivity index is 4.58. The molecular formula is C43H87N7O19. The van der Waals surface area contributed by atoms with Crippen LogP contribution in [-0.4, -0.2) is 261 Å². The first-order valence-corrected chi connectivity index (χ1v) is 23.7. The summed E-state index contributed by atoms with van der Waals surface area (Å²) in [5, 5.41) is 11.0. The van der Waals surface area contributed by atoms with Gasteiger partial charge < -0.3 is 110 Å². The standard InChI is InChI=1S/C43H87N7O19/c44-4-12-55-17-22-60-27-29-62-24-19-57-14-6-47-40(52)1-9-66-35-43(50-39-51,37-68-11-3-42(54)49-8-16-59-21-26-64-31-32-65-33-34-69-38-46)36-67-10-2-41(53)48-7-15-58-20-25-63-30-28-61-23-18-56-13-5-45/h39H,1-38,44-46H2,(H,47,52)(H,48,53)(H,49,54)(H,50,51). The van der Waals surface area contributed by atoms with Crippen molar-refractivity contribution in [1.29, 1.82) is 0 Å². The topological polar surface area (TPSA) is 333 Å². The summed E-state index contributed by atoms with van der Waals surface area (Å²) in [6.07, 6.45) is 0.599. The van der Waals surface area contributed by atoms with E-state index in [0.717, 1.165) is 0 Å². The Morgan fingerprint density at radius 3 is 0.826 bits per heavy atom. The summed E-state index contributed by atoms with van der Waals surface area (Å²) >= 11 is 0. The first kappa shape index (κ1) is 66.2. The normalized spacial score (nSPS) is 11.5. The Kier molecular flexibility index (Phi) is 52.2. The van der Waals surface area contributed by atoms with Crippen LogP contribution in [0.3, 0.4) is 0 Å². The van der Waals surface area contributed by atoms with Gasteiger partial charge >= 0.3 is 0 Å². The second kappa shape index (κ2) is 54.5. The molecule has 0 radical (unpaired) electrons. The molecule has 0 atom stereocenters. The van der Waals surface area contributed by atoms with Crippen LogP contribution in [0.2, 0.25) is 0 Å². The van der Waals surface area contributed by atoms with Gasteiger partial charge in [-0.25, -0.2) is 0 Å². The van der Waals surface area contributed by atoms with Gasteiger partial charge in [-0.3, -0.25) is 19.2 Å². The van der Waals surface area contributed by atoms with E-state index in [9.17, 15) is 19.2 Å². The monoisotopic (exact) mass is 1010 g/mol. The van der Waals surface area contributed by atoms with Crippen LogP contribution >= 0.6 is 0 Å². The molecule has 0 aromatic heterocycles. The number of carbonyl (C=O) groups is 4. The van der Waals surface area contributed by atoms with Crippen molar-refractivity contribution in [3.63, 3.8) is 0 Å². The van der Waals surface area contributed by atoms with Gasteiger partial charge in [0.2, 0.25) is 24.1 Å². The zero-order valence-electron chi connectivity index (χ0n) is 40.9. The molecule has 0 fully saturated rings. The van der Waals surface area contributed by atoms with E-state index in [4.69, 9.17) is 88.3 Å². The van der Waals surface area contributed by atoms with Crippen LogP contribution in [0, 0.1) is 0 Å². The van der Waals surface area contributed by atoms with E-state index in [1.165, 1.54) is 0 Å². The maximum Gasteiger partial charge on any atom is 0.222 e. The van der Waals surface area contributed by atoms with Gasteiger partial charge in [-0.15, -0.1) is 0 Å². The molecule has 0 spiro atoms. The molecule has 0 rings (SSSR count). The van der Waals surface area contributed by atoms with Crippen molar-refractivity contribution in [1.82, 2.24) is 21.3 Å². The Hall–Kier alpha value is -2.84. The van der Waals surface area contributed by atoms with E-state index in [1.54, 1.807) is 0 Å². The molecule has 0 heterocycles. The predicted molar refractivity (Wildman–Crippen MR) is 249 cm³/mol. The smallest absolute Gasteiger partial charge is 0.222 e. The molecule has 0 saturated carbocycles. The molecule has 26 nitrogen and oxygen atoms in total. The SMILES string of the molecule is NCCOCCOCCOCCOCCNC(=O)CCOCC(COCCC(=O)NCCOCCOCCOCCOCN)(COCCC(=O)NCCOCCOCCOCCOCCN)NC=O. The van der Waals surface area contributed by atoms with Crippen molar-refractivity contribution in [3.05, 3.63) is 0 Å². The average molecular weight is 1010 g/mol. The number of amides is 4. The maximum atomic E-state index is 12.4. The Bertz CT molecular complexity index is 1090. The molecule has 69 heavy (non-hydrogen) atoms. The van der Waals surface area contributed by atoms with Gasteiger partial charge in [-0.05, 0) is 0 Å². The number of hydrogen-bond acceptors (Lipinski definition) is 22. The number of hydrogen-bond donors (Lipinski definition) is 7. The highest BCUT2D eigenvalue weighted by molar-refractivity contribution is 5.76. The van der Waals surface area contributed by atoms with Gasteiger partial charge in [0.25, 0.3) is 0 Å². The molecule has 0 saturated heterocycles. The van der Waals surface area contributed by atoms with Crippen molar-refractivity contribution >= 4 is 24.1 Å². The maximum absolute atomic E-state index is 12.4. The van der Waals surface area contributed by atoms with Gasteiger partial charge in [0.1, 0.15) is 5.54 Å². The molecule has 408 valence electrons. The van der Waals surface area contributed by atoms with Crippen LogP contribution in [0.4, 0.5) is 0 Å². The van der Waals surface area contributed by atoms with Crippen LogP contribution in [0.5, 0.6) is 0 Å². The zero-order chi connectivity index (χ0) is 50.2. The van der Waals surface area contributed by atoms with E-state index in [1.807, 2.05) is 0 Å². The van der Waals surface area contributed by atoms with Crippen LogP contribution in [0.15, 0.2) is 0 Å². The van der Waals surface area contributed by atoms with Gasteiger partial charge in [0, 0.05) is 52.0 Å². The Labute approximate surface area is 408 Å². The van der Waals surface area contributed by atoms with E-state index < -0.39 is 5.54 Å². The van der Waals surface area contributed by atoms with Crippen molar-refractivity contribution in [2.75, 3.05) is 231 Å². The summed E-state index contributed by atoms with van der Waals surface area (Å²) in [4.78, 5) is 49.1. The first-order chi connectivity index (χ1) is 33.9. The highest BCUT2D eigenvalue weighted by Gasteiger charge is 2.31. The fraction of sp³-hybridized carbons (Fsp3) is 0.907. The van der Waals surface area contributed by atoms with Crippen LogP contribution in [-0.2, 0) is 90.2 Å². The molecule has 4 amide bonds. The average Bonchev–Trinajstić information content (AvgIpc) is 3.34. The van der Waals surface area contributed by atoms with Crippen molar-refractivity contribution in [2.24, 2.45) is 17.2 Å². The number of carbonyl (C=O) groups excluding carboxylic acids is 4. The molecule has 26 heteroatoms. The third-order valence-electron chi connectivity index (χ3n) is 8.62. The minimum atomic E-state index is -1.20. The van der Waals surface area contributed by atoms with Crippen LogP contribution < -0.4 is 38.5 Å². The molecule has 0 bridgehead atoms. The summed E-state index contributed by atoms with van der Waals surface area (Å²) in [6, 6.07) is 0. The molecule has 0 aliphatic rings. The van der Waals surface area contributed by atoms with Crippen molar-refractivity contribution in [3.8, 4) is 0 Å². The summed E-state index contributed by atoms with van der Waals surface area (Å²) in [5.74, 6) is -0.773. The van der Waals surface area contributed by atoms with E-state index in [2.05, 4.69) is 21.3 Å². The number of rotatable bonds is 58. The number of ether oxygens (including phenoxy) is 15. The summed E-state index contributed by atoms with van der Waals surface area (Å²) < 4.78 is 81.8. The largest absolute Gasteiger partial charge is 0.378 e. The van der Waals surface area contributed by atoms with Gasteiger partial charge in [-0.1, -0.05) is 0 Å². The fourth-order valence-electron chi connectivity index (χ4n) is 5.16. The highest BCUT2D eigenvalue weighted by atomic mass is 16.6. The predicted octanol–water partition coefficient (Wildman–Crippen LogP) is -3.93. The number of nitrogens with one attached hydrogen (secondary N) is 4. The third-order valence-corrected chi connectivity index (χ3v) is 8.62. The van der Waals surface area contributed by atoms with E-state index in [0.29, 0.717) is 191 Å².